The molecule has 8 aromatic rings. The largest absolute Gasteiger partial charge is 0.308 e. The minimum atomic E-state index is -0.189. The van der Waals surface area contributed by atoms with Gasteiger partial charge in [-0.1, -0.05) is 125 Å². The molecule has 0 radical (unpaired) electrons. The van der Waals surface area contributed by atoms with Crippen molar-refractivity contribution in [3.63, 3.8) is 0 Å². The van der Waals surface area contributed by atoms with Crippen LogP contribution in [0, 0.1) is 36.5 Å². The molecule has 0 bridgehead atoms. The van der Waals surface area contributed by atoms with Gasteiger partial charge in [-0.3, -0.25) is 0 Å². The standard InChI is InChI=1S/C53H39N3/c1-29-41(27-54)49(50-35-19-8-7-15-31(35)36-23-37-32-16-9-12-20-43(32)52(3,4)45(37)25-40(36)50)30(2)51(42(29)28-55)56-47-22-14-11-18-34(47)39-24-38-33-17-10-13-21-44(33)53(5,6)46(38)26-48(39)56/h7-26,50H,1-6H3. The molecule has 266 valence electrons. The molecule has 0 amide bonds. The maximum Gasteiger partial charge on any atom is 0.102 e. The second-order valence-electron chi connectivity index (χ2n) is 17.1. The number of nitriles is 2. The maximum atomic E-state index is 11.1. The van der Waals surface area contributed by atoms with Crippen LogP contribution in [-0.4, -0.2) is 4.57 Å². The summed E-state index contributed by atoms with van der Waals surface area (Å²) in [6.45, 7) is 13.4. The van der Waals surface area contributed by atoms with Gasteiger partial charge in [-0.05, 0) is 122 Å². The van der Waals surface area contributed by atoms with Crippen molar-refractivity contribution in [1.82, 2.24) is 4.57 Å². The summed E-state index contributed by atoms with van der Waals surface area (Å²) < 4.78 is 2.33. The maximum absolute atomic E-state index is 11.1. The number of rotatable bonds is 2. The highest BCUT2D eigenvalue weighted by Gasteiger charge is 2.41. The van der Waals surface area contributed by atoms with Gasteiger partial charge in [0, 0.05) is 27.5 Å². The first-order valence-corrected chi connectivity index (χ1v) is 19.6. The number of hydrogen-bond acceptors (Lipinski definition) is 2. The van der Waals surface area contributed by atoms with Gasteiger partial charge in [-0.2, -0.15) is 10.5 Å². The lowest BCUT2D eigenvalue weighted by Crippen LogP contribution is -2.16. The zero-order chi connectivity index (χ0) is 38.4. The van der Waals surface area contributed by atoms with E-state index in [1.165, 1.54) is 66.8 Å². The van der Waals surface area contributed by atoms with E-state index in [-0.39, 0.29) is 16.7 Å². The van der Waals surface area contributed by atoms with Gasteiger partial charge in [-0.15, -0.1) is 0 Å². The van der Waals surface area contributed by atoms with Gasteiger partial charge in [-0.25, -0.2) is 0 Å². The summed E-state index contributed by atoms with van der Waals surface area (Å²) in [5, 5.41) is 24.5. The lowest BCUT2D eigenvalue weighted by molar-refractivity contribution is 0.659. The molecule has 0 N–H and O–H groups in total. The van der Waals surface area contributed by atoms with Crippen LogP contribution in [0.4, 0.5) is 0 Å². The van der Waals surface area contributed by atoms with E-state index in [0.717, 1.165) is 44.2 Å². The van der Waals surface area contributed by atoms with E-state index in [9.17, 15) is 10.5 Å². The molecule has 3 heteroatoms. The van der Waals surface area contributed by atoms with E-state index >= 15 is 0 Å². The van der Waals surface area contributed by atoms with E-state index in [4.69, 9.17) is 0 Å². The molecular formula is C53H39N3. The van der Waals surface area contributed by atoms with Crippen LogP contribution in [0.15, 0.2) is 121 Å². The SMILES string of the molecule is Cc1c(C#N)c(C2c3ccccc3-c3cc4c(cc32)C(C)(C)c2ccccc2-4)c(C)c(-n2c3ccccc3c3cc4c(cc32)C(C)(C)c2ccccc2-4)c1C#N. The number of nitrogens with zero attached hydrogens (tertiary/aromatic N) is 3. The molecule has 3 aliphatic rings. The van der Waals surface area contributed by atoms with Gasteiger partial charge in [0.05, 0.1) is 33.9 Å². The molecule has 1 aromatic heterocycles. The van der Waals surface area contributed by atoms with Gasteiger partial charge in [0.2, 0.25) is 0 Å². The van der Waals surface area contributed by atoms with Crippen LogP contribution in [0.2, 0.25) is 0 Å². The summed E-state index contributed by atoms with van der Waals surface area (Å²) in [6.07, 6.45) is 0. The molecule has 56 heavy (non-hydrogen) atoms. The first-order valence-electron chi connectivity index (χ1n) is 19.6. The Morgan fingerprint density at radius 2 is 1.05 bits per heavy atom. The smallest absolute Gasteiger partial charge is 0.102 e. The zero-order valence-corrected chi connectivity index (χ0v) is 32.5. The second-order valence-corrected chi connectivity index (χ2v) is 17.1. The molecule has 1 heterocycles. The van der Waals surface area contributed by atoms with Crippen LogP contribution in [0.25, 0.3) is 60.9 Å². The molecule has 1 unspecified atom stereocenters. The highest BCUT2D eigenvalue weighted by atomic mass is 15.0. The summed E-state index contributed by atoms with van der Waals surface area (Å²) in [4.78, 5) is 0. The van der Waals surface area contributed by atoms with Crippen LogP contribution < -0.4 is 0 Å². The Bertz CT molecular complexity index is 3190. The average molecular weight is 718 g/mol. The Balaban J connectivity index is 1.24. The first-order chi connectivity index (χ1) is 27.1. The normalized spacial score (nSPS) is 16.1. The van der Waals surface area contributed by atoms with Gasteiger partial charge in [0.15, 0.2) is 0 Å². The van der Waals surface area contributed by atoms with Gasteiger partial charge in [0.25, 0.3) is 0 Å². The molecule has 0 fully saturated rings. The third-order valence-corrected chi connectivity index (χ3v) is 13.8. The molecule has 3 aliphatic carbocycles. The summed E-state index contributed by atoms with van der Waals surface area (Å²) in [5.74, 6) is -0.184. The number of aromatic nitrogens is 1. The summed E-state index contributed by atoms with van der Waals surface area (Å²) in [5.41, 5.74) is 21.7. The van der Waals surface area contributed by atoms with Crippen LogP contribution in [0.3, 0.4) is 0 Å². The summed E-state index contributed by atoms with van der Waals surface area (Å²) in [7, 11) is 0. The van der Waals surface area contributed by atoms with Crippen molar-refractivity contribution in [3.05, 3.63) is 183 Å². The van der Waals surface area contributed by atoms with Crippen LogP contribution in [0.1, 0.15) is 94.8 Å². The van der Waals surface area contributed by atoms with E-state index in [2.05, 4.69) is 173 Å². The molecule has 1 atom stereocenters. The van der Waals surface area contributed by atoms with Gasteiger partial charge >= 0.3 is 0 Å². The fourth-order valence-electron chi connectivity index (χ4n) is 11.0. The average Bonchev–Trinajstić information content (AvgIpc) is 3.85. The van der Waals surface area contributed by atoms with Crippen molar-refractivity contribution in [2.24, 2.45) is 0 Å². The topological polar surface area (TPSA) is 52.5 Å². The summed E-state index contributed by atoms with van der Waals surface area (Å²) in [6, 6.07) is 49.7. The van der Waals surface area contributed by atoms with E-state index in [1.807, 2.05) is 6.92 Å². The molecule has 11 rings (SSSR count). The molecule has 7 aromatic carbocycles. The fourth-order valence-corrected chi connectivity index (χ4v) is 11.0. The van der Waals surface area contributed by atoms with Crippen molar-refractivity contribution in [1.29, 1.82) is 10.5 Å². The number of para-hydroxylation sites is 1. The van der Waals surface area contributed by atoms with E-state index < -0.39 is 0 Å². The Morgan fingerprint density at radius 3 is 1.73 bits per heavy atom. The number of hydrogen-bond donors (Lipinski definition) is 0. The highest BCUT2D eigenvalue weighted by Crippen LogP contribution is 2.57. The Morgan fingerprint density at radius 1 is 0.482 bits per heavy atom. The van der Waals surface area contributed by atoms with Crippen LogP contribution >= 0.6 is 0 Å². The first kappa shape index (κ1) is 32.7. The zero-order valence-electron chi connectivity index (χ0n) is 32.5. The van der Waals surface area contributed by atoms with Crippen molar-refractivity contribution in [2.75, 3.05) is 0 Å². The van der Waals surface area contributed by atoms with Gasteiger partial charge < -0.3 is 4.57 Å². The predicted octanol–water partition coefficient (Wildman–Crippen LogP) is 12.9. The van der Waals surface area contributed by atoms with Gasteiger partial charge in [0.1, 0.15) is 6.07 Å². The van der Waals surface area contributed by atoms with Crippen molar-refractivity contribution in [2.45, 2.75) is 58.3 Å². The third-order valence-electron chi connectivity index (χ3n) is 13.8. The van der Waals surface area contributed by atoms with Crippen molar-refractivity contribution < 1.29 is 0 Å². The fraction of sp³-hybridized carbons (Fsp3) is 0.170. The minimum Gasteiger partial charge on any atom is -0.308 e. The summed E-state index contributed by atoms with van der Waals surface area (Å²) >= 11 is 0. The lowest BCUT2D eigenvalue weighted by Gasteiger charge is -2.26. The van der Waals surface area contributed by atoms with E-state index in [0.29, 0.717) is 11.1 Å². The Labute approximate surface area is 327 Å². The highest BCUT2D eigenvalue weighted by molar-refractivity contribution is 6.12. The Kier molecular flexibility index (Phi) is 6.41. The number of benzene rings is 7. The minimum absolute atomic E-state index is 0.171. The predicted molar refractivity (Wildman–Crippen MR) is 228 cm³/mol. The quantitative estimate of drug-likeness (QED) is 0.179. The van der Waals surface area contributed by atoms with Crippen molar-refractivity contribution in [3.8, 4) is 51.2 Å². The lowest BCUT2D eigenvalue weighted by atomic mass is 9.77. The molecule has 0 spiro atoms. The van der Waals surface area contributed by atoms with E-state index in [1.54, 1.807) is 0 Å². The van der Waals surface area contributed by atoms with Crippen molar-refractivity contribution >= 4 is 21.8 Å². The Hall–Kier alpha value is -6.68. The molecule has 0 aliphatic heterocycles. The second kappa shape index (κ2) is 11.0. The molecular weight excluding hydrogens is 679 g/mol. The van der Waals surface area contributed by atoms with Crippen LogP contribution in [-0.2, 0) is 10.8 Å². The number of fused-ring (bicyclic) bond motifs is 12. The monoisotopic (exact) mass is 717 g/mol. The molecule has 0 saturated heterocycles. The molecule has 3 nitrogen and oxygen atoms in total. The van der Waals surface area contributed by atoms with Crippen LogP contribution in [0.5, 0.6) is 0 Å². The molecule has 0 saturated carbocycles. The third kappa shape index (κ3) is 3.90.